The minimum Gasteiger partial charge on any atom is -0.858 e. The van der Waals surface area contributed by atoms with Crippen molar-refractivity contribution in [3.63, 3.8) is 0 Å². The zero-order chi connectivity index (χ0) is 71.6. The highest BCUT2D eigenvalue weighted by atomic mass is 28.4. The molecule has 0 fully saturated rings. The summed E-state index contributed by atoms with van der Waals surface area (Å²) in [4.78, 5) is 14.3. The van der Waals surface area contributed by atoms with Gasteiger partial charge in [-0.25, -0.2) is 9.15 Å². The van der Waals surface area contributed by atoms with Crippen molar-refractivity contribution in [3.8, 4) is 78.7 Å². The van der Waals surface area contributed by atoms with Gasteiger partial charge in [-0.1, -0.05) is 114 Å². The van der Waals surface area contributed by atoms with Crippen molar-refractivity contribution in [2.45, 2.75) is 133 Å². The second kappa shape index (κ2) is 29.4. The smallest absolute Gasteiger partial charge is 0.250 e. The normalized spacial score (nSPS) is 12.6. The number of hydrogen-bond acceptors (Lipinski definition) is 10. The fourth-order valence-electron chi connectivity index (χ4n) is 13.1. The first-order valence-electron chi connectivity index (χ1n) is 35.9. The Balaban J connectivity index is 1.02. The molecule has 2 aliphatic carbocycles. The molecule has 0 radical (unpaired) electrons. The fourth-order valence-corrected chi connectivity index (χ4v) is 15.1. The van der Waals surface area contributed by atoms with E-state index >= 15 is 0 Å². The van der Waals surface area contributed by atoms with Gasteiger partial charge in [0.25, 0.3) is 16.6 Å². The van der Waals surface area contributed by atoms with E-state index in [1.54, 1.807) is 0 Å². The fraction of sp³-hybridized carbons (Fsp3) is 0.326. The van der Waals surface area contributed by atoms with E-state index in [4.69, 9.17) is 27.7 Å². The maximum absolute atomic E-state index is 15.0. The second-order valence-electron chi connectivity index (χ2n) is 29.0. The number of aliphatic imine (C=N–C) groups is 2. The van der Waals surface area contributed by atoms with Gasteiger partial charge in [-0.05, 0) is 221 Å². The molecular formula is C86H100N6O6Si2. The molecule has 100 heavy (non-hydrogen) atoms. The standard InChI is InChI=1S/C86H100N6O6Si2/c1-19-89(20-2)61-43-47-69-75(51-61)95-76-52-62(90(21-3)22-4)44-48-70(76)81(69)65-31-27-29-33-67(65)83(93)87-59-39-35-57(36-40-59)73-55-79(97-99(15,16)85(9,10)11)80(98-100(17,18)86(12,13)14)56-74(73)58-37-41-60(42-38-58)88-84(94)68-34-30-28-32-66(68)82-71-49-45-63(91(23-5)24-6)53-77(71)96-78-54-64(46-50-72(78)82)92(25-7)26-8/h27-56H,19-26H2,1-18H3. The Morgan fingerprint density at radius 1 is 0.410 bits per heavy atom. The Kier molecular flexibility index (Phi) is 21.1. The number of rotatable bonds is 22. The van der Waals surface area contributed by atoms with Gasteiger partial charge in [-0.15, -0.1) is 0 Å². The lowest BCUT2D eigenvalue weighted by Crippen LogP contribution is -2.45. The Morgan fingerprint density at radius 3 is 1.09 bits per heavy atom. The van der Waals surface area contributed by atoms with Crippen molar-refractivity contribution in [1.29, 1.82) is 0 Å². The summed E-state index contributed by atoms with van der Waals surface area (Å²) in [6.07, 6.45) is 0. The van der Waals surface area contributed by atoms with Crippen LogP contribution in [0.15, 0.2) is 201 Å². The van der Waals surface area contributed by atoms with Crippen molar-refractivity contribution in [3.05, 3.63) is 204 Å². The van der Waals surface area contributed by atoms with E-state index in [1.165, 1.54) is 0 Å². The molecule has 0 unspecified atom stereocenters. The third-order valence-electron chi connectivity index (χ3n) is 21.0. The lowest BCUT2D eigenvalue weighted by Gasteiger charge is -2.40. The molecule has 2 aliphatic heterocycles. The van der Waals surface area contributed by atoms with E-state index in [0.717, 1.165) is 164 Å². The first-order valence-corrected chi connectivity index (χ1v) is 41.7. The van der Waals surface area contributed by atoms with Crippen LogP contribution in [0.3, 0.4) is 0 Å². The summed E-state index contributed by atoms with van der Waals surface area (Å²) in [5, 5.41) is 33.7. The summed E-state index contributed by atoms with van der Waals surface area (Å²) in [5.74, 6) is 2.15. The molecule has 12 nitrogen and oxygen atoms in total. The van der Waals surface area contributed by atoms with E-state index in [-0.39, 0.29) is 21.9 Å². The Morgan fingerprint density at radius 2 is 0.760 bits per heavy atom. The lowest BCUT2D eigenvalue weighted by molar-refractivity contribution is -0.213. The van der Waals surface area contributed by atoms with Crippen LogP contribution in [0.2, 0.25) is 36.3 Å². The monoisotopic (exact) mass is 1370 g/mol. The molecule has 518 valence electrons. The zero-order valence-electron chi connectivity index (χ0n) is 62.1. The maximum Gasteiger partial charge on any atom is 0.250 e. The largest absolute Gasteiger partial charge is 0.858 e. The number of benzene rings is 9. The molecule has 4 aliphatic rings. The summed E-state index contributed by atoms with van der Waals surface area (Å²) in [5.41, 5.74) is 14.4. The molecule has 2 heterocycles. The topological polar surface area (TPSA) is 128 Å². The van der Waals surface area contributed by atoms with Crippen molar-refractivity contribution in [2.75, 3.05) is 62.2 Å². The predicted octanol–water partition coefficient (Wildman–Crippen LogP) is 19.0. The van der Waals surface area contributed by atoms with Gasteiger partial charge in [-0.2, -0.15) is 0 Å². The molecule has 0 amide bonds. The summed E-state index contributed by atoms with van der Waals surface area (Å²) in [7, 11) is -4.92. The minimum atomic E-state index is -2.46. The molecule has 14 heteroatoms. The van der Waals surface area contributed by atoms with Crippen LogP contribution in [0.25, 0.3) is 89.1 Å². The summed E-state index contributed by atoms with van der Waals surface area (Å²) in [6, 6.07) is 61.2. The van der Waals surface area contributed by atoms with Crippen molar-refractivity contribution >= 4 is 73.1 Å². The van der Waals surface area contributed by atoms with Crippen LogP contribution in [0.1, 0.15) is 108 Å². The molecular weight excluding hydrogens is 1270 g/mol. The Hall–Kier alpha value is -9.51. The summed E-state index contributed by atoms with van der Waals surface area (Å²) >= 11 is 0. The van der Waals surface area contributed by atoms with Crippen LogP contribution in [0.4, 0.5) is 22.7 Å². The average molecular weight is 1370 g/mol. The maximum atomic E-state index is 15.0. The Bertz CT molecular complexity index is 4620. The van der Waals surface area contributed by atoms with E-state index in [2.05, 4.69) is 227 Å². The number of fused-ring (bicyclic) bond motifs is 4. The van der Waals surface area contributed by atoms with Crippen LogP contribution < -0.4 is 48.7 Å². The molecule has 0 saturated carbocycles. The van der Waals surface area contributed by atoms with E-state index in [1.807, 2.05) is 97.1 Å². The van der Waals surface area contributed by atoms with Crippen LogP contribution in [0, 0.1) is 0 Å². The first kappa shape index (κ1) is 71.8. The second-order valence-corrected chi connectivity index (χ2v) is 38.4. The quantitative estimate of drug-likeness (QED) is 0.0216. The summed E-state index contributed by atoms with van der Waals surface area (Å²) < 4.78 is 33.0. The van der Waals surface area contributed by atoms with E-state index in [0.29, 0.717) is 34.0 Å². The van der Waals surface area contributed by atoms with Gasteiger partial charge < -0.3 is 37.7 Å². The lowest BCUT2D eigenvalue weighted by atomic mass is 9.90. The number of hydrogen-bond donors (Lipinski definition) is 0. The van der Waals surface area contributed by atoms with Gasteiger partial charge in [0.1, 0.15) is 60.4 Å². The van der Waals surface area contributed by atoms with Crippen LogP contribution in [-0.2, 0) is 0 Å². The number of anilines is 2. The van der Waals surface area contributed by atoms with Gasteiger partial charge in [0.15, 0.2) is 0 Å². The molecule has 0 N–H and O–H groups in total. The third-order valence-corrected chi connectivity index (χ3v) is 29.7. The molecule has 0 saturated heterocycles. The highest BCUT2D eigenvalue weighted by Crippen LogP contribution is 2.50. The van der Waals surface area contributed by atoms with Crippen LogP contribution in [0.5, 0.6) is 11.5 Å². The predicted molar refractivity (Wildman–Crippen MR) is 422 cm³/mol. The van der Waals surface area contributed by atoms with Crippen molar-refractivity contribution in [1.82, 2.24) is 9.15 Å². The molecule has 7 aromatic carbocycles. The highest BCUT2D eigenvalue weighted by Gasteiger charge is 2.43. The first-order chi connectivity index (χ1) is 47.8. The van der Waals surface area contributed by atoms with Gasteiger partial charge in [0, 0.05) is 94.8 Å². The minimum absolute atomic E-state index is 0.117. The molecule has 0 aromatic heterocycles. The van der Waals surface area contributed by atoms with Crippen molar-refractivity contribution < 1.29 is 27.9 Å². The van der Waals surface area contributed by atoms with Gasteiger partial charge in [0.2, 0.25) is 10.7 Å². The highest BCUT2D eigenvalue weighted by molar-refractivity contribution is 6.75. The molecule has 0 spiro atoms. The van der Waals surface area contributed by atoms with Crippen LogP contribution >= 0.6 is 0 Å². The number of nitrogens with zero attached hydrogens (tertiary/aromatic N) is 6. The van der Waals surface area contributed by atoms with Crippen LogP contribution in [-0.4, -0.2) is 80.8 Å². The van der Waals surface area contributed by atoms with E-state index < -0.39 is 16.6 Å². The van der Waals surface area contributed by atoms with E-state index in [9.17, 15) is 10.2 Å². The SMILES string of the molecule is CCN(CC)c1ccc2c(-c3ccccc3C([O-])=Nc3ccc(-c4cc(O[Si](C)(C)C(C)(C)C)c(O[Si](C)(C)C(C)(C)C)cc4-c4ccc(N=C([O-])c5ccccc5-c5c6ccc(=[N+](CC)CC)cc-6oc6cc(N(CC)CC)ccc56)cc4)cc3)c3ccc(=[N+](CC)CC)cc-3oc2c1. The Labute approximate surface area is 594 Å². The van der Waals surface area contributed by atoms with Gasteiger partial charge >= 0.3 is 0 Å². The third kappa shape index (κ3) is 14.5. The van der Waals surface area contributed by atoms with Gasteiger partial charge in [0.05, 0.1) is 23.5 Å². The molecule has 7 aromatic rings. The molecule has 11 rings (SSSR count). The zero-order valence-corrected chi connectivity index (χ0v) is 64.1. The molecule has 0 atom stereocenters. The average Bonchev–Trinajstić information content (AvgIpc) is 0.757. The molecule has 0 bridgehead atoms. The van der Waals surface area contributed by atoms with Crippen molar-refractivity contribution in [2.24, 2.45) is 9.98 Å². The van der Waals surface area contributed by atoms with Gasteiger partial charge in [-0.3, -0.25) is 9.98 Å². The summed E-state index contributed by atoms with van der Waals surface area (Å²) in [6.45, 7) is 46.7.